The number of fused-ring (bicyclic) bond motifs is 1. The molecule has 120 valence electrons. The van der Waals surface area contributed by atoms with Gasteiger partial charge in [0, 0.05) is 12.6 Å². The van der Waals surface area contributed by atoms with Crippen molar-refractivity contribution in [2.75, 3.05) is 20.8 Å². The molecule has 0 unspecified atom stereocenters. The van der Waals surface area contributed by atoms with Crippen LogP contribution in [0.1, 0.15) is 12.6 Å². The summed E-state index contributed by atoms with van der Waals surface area (Å²) in [7, 11) is 2.76. The minimum Gasteiger partial charge on any atom is -0.480 e. The standard InChI is InChI=1S/C13H16FN3O5/c1-20-12-10-6(14)4-17(11(10)15-13(16-12)21-2)9-3-7(19)8(5-18)22-9/h4,7-9,18-19H,3,5H2,1-2H3/t7-,8+,9+/m0/s1. The van der Waals surface area contributed by atoms with Gasteiger partial charge in [0.05, 0.1) is 26.9 Å². The van der Waals surface area contributed by atoms with E-state index in [1.807, 2.05) is 0 Å². The largest absolute Gasteiger partial charge is 0.480 e. The van der Waals surface area contributed by atoms with Gasteiger partial charge < -0.3 is 29.0 Å². The molecule has 0 saturated carbocycles. The van der Waals surface area contributed by atoms with Crippen LogP contribution < -0.4 is 9.47 Å². The van der Waals surface area contributed by atoms with Crippen molar-refractivity contribution in [3.8, 4) is 11.9 Å². The molecule has 3 heterocycles. The van der Waals surface area contributed by atoms with Crippen LogP contribution >= 0.6 is 0 Å². The fourth-order valence-electron chi connectivity index (χ4n) is 2.56. The summed E-state index contributed by atoms with van der Waals surface area (Å²) < 4.78 is 31.3. The zero-order valence-electron chi connectivity index (χ0n) is 12.1. The van der Waals surface area contributed by atoms with Crippen molar-refractivity contribution in [3.05, 3.63) is 12.0 Å². The molecule has 1 aliphatic heterocycles. The van der Waals surface area contributed by atoms with Crippen molar-refractivity contribution in [1.82, 2.24) is 14.5 Å². The maximum absolute atomic E-state index is 14.2. The Morgan fingerprint density at radius 3 is 2.77 bits per heavy atom. The number of hydrogen-bond donors (Lipinski definition) is 2. The van der Waals surface area contributed by atoms with Crippen molar-refractivity contribution >= 4 is 11.0 Å². The van der Waals surface area contributed by atoms with Gasteiger partial charge in [-0.2, -0.15) is 9.97 Å². The molecule has 0 aliphatic carbocycles. The first-order valence-electron chi connectivity index (χ1n) is 6.69. The number of nitrogens with zero attached hydrogens (tertiary/aromatic N) is 3. The molecule has 2 aromatic rings. The summed E-state index contributed by atoms with van der Waals surface area (Å²) in [6, 6.07) is 0.0287. The zero-order chi connectivity index (χ0) is 15.9. The molecule has 0 aromatic carbocycles. The first-order chi connectivity index (χ1) is 10.6. The highest BCUT2D eigenvalue weighted by atomic mass is 19.1. The maximum atomic E-state index is 14.2. The van der Waals surface area contributed by atoms with E-state index in [-0.39, 0.29) is 36.0 Å². The van der Waals surface area contributed by atoms with Gasteiger partial charge in [-0.15, -0.1) is 0 Å². The van der Waals surface area contributed by atoms with Gasteiger partial charge in [-0.05, 0) is 0 Å². The smallest absolute Gasteiger partial charge is 0.321 e. The molecule has 3 rings (SSSR count). The first-order valence-corrected chi connectivity index (χ1v) is 6.69. The third kappa shape index (κ3) is 2.27. The lowest BCUT2D eigenvalue weighted by Gasteiger charge is -2.14. The van der Waals surface area contributed by atoms with E-state index in [1.165, 1.54) is 25.0 Å². The Bertz CT molecular complexity index is 692. The summed E-state index contributed by atoms with van der Waals surface area (Å²) >= 11 is 0. The van der Waals surface area contributed by atoms with Gasteiger partial charge in [-0.25, -0.2) is 4.39 Å². The van der Waals surface area contributed by atoms with Crippen LogP contribution in [0, 0.1) is 5.82 Å². The van der Waals surface area contributed by atoms with Crippen LogP contribution in [0.4, 0.5) is 4.39 Å². The Morgan fingerprint density at radius 1 is 1.41 bits per heavy atom. The number of ether oxygens (including phenoxy) is 3. The highest BCUT2D eigenvalue weighted by Crippen LogP contribution is 2.35. The summed E-state index contributed by atoms with van der Waals surface area (Å²) in [5.41, 5.74) is 0.233. The van der Waals surface area contributed by atoms with Gasteiger partial charge in [-0.3, -0.25) is 0 Å². The Labute approximate surface area is 125 Å². The lowest BCUT2D eigenvalue weighted by molar-refractivity contribution is -0.0432. The van der Waals surface area contributed by atoms with Crippen LogP contribution in [0.15, 0.2) is 6.20 Å². The monoisotopic (exact) mass is 313 g/mol. The fourth-order valence-corrected chi connectivity index (χ4v) is 2.56. The molecule has 0 radical (unpaired) electrons. The van der Waals surface area contributed by atoms with Gasteiger partial charge in [0.2, 0.25) is 5.88 Å². The lowest BCUT2D eigenvalue weighted by Crippen LogP contribution is -2.24. The second kappa shape index (κ2) is 5.67. The topological polar surface area (TPSA) is 98.9 Å². The van der Waals surface area contributed by atoms with Crippen molar-refractivity contribution in [1.29, 1.82) is 0 Å². The van der Waals surface area contributed by atoms with Crippen LogP contribution in [0.5, 0.6) is 11.9 Å². The van der Waals surface area contributed by atoms with E-state index in [0.717, 1.165) is 0 Å². The number of halogens is 1. The second-order valence-electron chi connectivity index (χ2n) is 4.92. The van der Waals surface area contributed by atoms with Crippen molar-refractivity contribution in [3.63, 3.8) is 0 Å². The molecule has 2 aromatic heterocycles. The van der Waals surface area contributed by atoms with E-state index in [1.54, 1.807) is 0 Å². The van der Waals surface area contributed by atoms with Crippen LogP contribution in [-0.4, -0.2) is 57.8 Å². The molecule has 1 aliphatic rings. The predicted molar refractivity (Wildman–Crippen MR) is 72.2 cm³/mol. The highest BCUT2D eigenvalue weighted by Gasteiger charge is 2.36. The average Bonchev–Trinajstić information content (AvgIpc) is 3.06. The molecule has 0 amide bonds. The minimum atomic E-state index is -0.832. The molecule has 22 heavy (non-hydrogen) atoms. The summed E-state index contributed by atoms with van der Waals surface area (Å²) in [5.74, 6) is -0.518. The van der Waals surface area contributed by atoms with E-state index in [9.17, 15) is 9.50 Å². The molecule has 8 nitrogen and oxygen atoms in total. The molecule has 0 bridgehead atoms. The number of hydrogen-bond acceptors (Lipinski definition) is 7. The number of aromatic nitrogens is 3. The van der Waals surface area contributed by atoms with Crippen molar-refractivity contribution in [2.24, 2.45) is 0 Å². The van der Waals surface area contributed by atoms with E-state index in [2.05, 4.69) is 9.97 Å². The van der Waals surface area contributed by atoms with E-state index in [4.69, 9.17) is 19.3 Å². The number of methoxy groups -OCH3 is 2. The highest BCUT2D eigenvalue weighted by molar-refractivity contribution is 5.82. The van der Waals surface area contributed by atoms with Gasteiger partial charge in [0.1, 0.15) is 17.7 Å². The Balaban J connectivity index is 2.11. The van der Waals surface area contributed by atoms with Crippen molar-refractivity contribution < 1.29 is 28.8 Å². The van der Waals surface area contributed by atoms with Gasteiger partial charge in [-0.1, -0.05) is 0 Å². The van der Waals surface area contributed by atoms with Crippen LogP contribution in [-0.2, 0) is 4.74 Å². The third-order valence-electron chi connectivity index (χ3n) is 3.64. The molecular formula is C13H16FN3O5. The van der Waals surface area contributed by atoms with E-state index in [0.29, 0.717) is 0 Å². The molecule has 9 heteroatoms. The number of rotatable bonds is 4. The SMILES string of the molecule is COc1nc(OC)c2c(F)cn([C@H]3C[C@H](O)[C@@H](CO)O3)c2n1. The molecule has 1 fully saturated rings. The number of aliphatic hydroxyl groups excluding tert-OH is 2. The molecule has 0 spiro atoms. The molecule has 2 N–H and O–H groups in total. The normalized spacial score (nSPS) is 24.9. The Hall–Kier alpha value is -1.97. The molecule has 3 atom stereocenters. The van der Waals surface area contributed by atoms with Gasteiger partial charge in [0.25, 0.3) is 0 Å². The predicted octanol–water partition coefficient (Wildman–Crippen LogP) is 0.228. The fraction of sp³-hybridized carbons (Fsp3) is 0.538. The van der Waals surface area contributed by atoms with Crippen molar-refractivity contribution in [2.45, 2.75) is 24.9 Å². The van der Waals surface area contributed by atoms with Crippen LogP contribution in [0.3, 0.4) is 0 Å². The van der Waals surface area contributed by atoms with Crippen LogP contribution in [0.2, 0.25) is 0 Å². The zero-order valence-corrected chi connectivity index (χ0v) is 12.1. The Morgan fingerprint density at radius 2 is 2.18 bits per heavy atom. The maximum Gasteiger partial charge on any atom is 0.321 e. The van der Waals surface area contributed by atoms with E-state index >= 15 is 0 Å². The third-order valence-corrected chi connectivity index (χ3v) is 3.64. The van der Waals surface area contributed by atoms with E-state index < -0.39 is 24.3 Å². The second-order valence-corrected chi connectivity index (χ2v) is 4.92. The minimum absolute atomic E-state index is 0.0287. The summed E-state index contributed by atoms with van der Waals surface area (Å²) in [6.45, 7) is -0.318. The summed E-state index contributed by atoms with van der Waals surface area (Å²) in [5, 5.41) is 19.1. The molecular weight excluding hydrogens is 297 g/mol. The van der Waals surface area contributed by atoms with Crippen LogP contribution in [0.25, 0.3) is 11.0 Å². The Kier molecular flexibility index (Phi) is 3.85. The summed E-state index contributed by atoms with van der Waals surface area (Å²) in [6.07, 6.45) is -0.776. The molecule has 1 saturated heterocycles. The number of aliphatic hydroxyl groups is 2. The summed E-state index contributed by atoms with van der Waals surface area (Å²) in [4.78, 5) is 8.07. The van der Waals surface area contributed by atoms with Gasteiger partial charge >= 0.3 is 6.01 Å². The average molecular weight is 313 g/mol. The van der Waals surface area contributed by atoms with Gasteiger partial charge in [0.15, 0.2) is 11.5 Å². The first kappa shape index (κ1) is 14.9. The lowest BCUT2D eigenvalue weighted by atomic mass is 10.2. The quantitative estimate of drug-likeness (QED) is 0.833.